The molecule has 7 heteroatoms. The van der Waals surface area contributed by atoms with E-state index in [2.05, 4.69) is 20.8 Å². The van der Waals surface area contributed by atoms with Gasteiger partial charge in [-0.3, -0.25) is 4.40 Å². The van der Waals surface area contributed by atoms with Crippen LogP contribution in [0, 0.1) is 0 Å². The molecule has 0 aliphatic carbocycles. The fraction of sp³-hybridized carbons (Fsp3) is 0.133. The summed E-state index contributed by atoms with van der Waals surface area (Å²) >= 11 is 5.28. The molecule has 2 aromatic heterocycles. The van der Waals surface area contributed by atoms with E-state index in [0.29, 0.717) is 11.7 Å². The van der Waals surface area contributed by atoms with Crippen molar-refractivity contribution in [2.45, 2.75) is 6.54 Å². The van der Waals surface area contributed by atoms with Crippen molar-refractivity contribution >= 4 is 28.7 Å². The molecule has 0 unspecified atom stereocenters. The maximum atomic E-state index is 5.28. The van der Waals surface area contributed by atoms with E-state index in [1.807, 2.05) is 53.1 Å². The molecule has 2 heterocycles. The van der Waals surface area contributed by atoms with Crippen LogP contribution in [-0.2, 0) is 6.54 Å². The number of nitrogens with zero attached hydrogens (tertiary/aromatic N) is 3. The fourth-order valence-corrected chi connectivity index (χ4v) is 2.21. The maximum absolute atomic E-state index is 5.28. The Kier molecular flexibility index (Phi) is 4.15. The number of benzene rings is 1. The van der Waals surface area contributed by atoms with E-state index in [4.69, 9.17) is 17.0 Å². The van der Waals surface area contributed by atoms with Gasteiger partial charge in [0.2, 0.25) is 0 Å². The number of anilines is 1. The highest BCUT2D eigenvalue weighted by Crippen LogP contribution is 2.14. The molecule has 0 atom stereocenters. The van der Waals surface area contributed by atoms with Crippen molar-refractivity contribution in [2.75, 3.05) is 12.4 Å². The summed E-state index contributed by atoms with van der Waals surface area (Å²) < 4.78 is 7.04. The molecule has 0 aliphatic rings. The summed E-state index contributed by atoms with van der Waals surface area (Å²) in [6, 6.07) is 13.3. The average molecular weight is 313 g/mol. The van der Waals surface area contributed by atoms with Crippen LogP contribution in [0.25, 0.3) is 5.65 Å². The van der Waals surface area contributed by atoms with E-state index in [1.165, 1.54) is 0 Å². The van der Waals surface area contributed by atoms with Crippen molar-refractivity contribution in [3.8, 4) is 5.75 Å². The van der Waals surface area contributed by atoms with Gasteiger partial charge < -0.3 is 15.4 Å². The molecule has 0 amide bonds. The van der Waals surface area contributed by atoms with Gasteiger partial charge in [0, 0.05) is 11.9 Å². The monoisotopic (exact) mass is 313 g/mol. The first-order valence-corrected chi connectivity index (χ1v) is 7.14. The van der Waals surface area contributed by atoms with Crippen molar-refractivity contribution in [3.05, 3.63) is 54.5 Å². The molecule has 0 fully saturated rings. The molecular weight excluding hydrogens is 298 g/mol. The largest absolute Gasteiger partial charge is 0.497 e. The smallest absolute Gasteiger partial charge is 0.171 e. The van der Waals surface area contributed by atoms with Crippen LogP contribution in [0.2, 0.25) is 0 Å². The van der Waals surface area contributed by atoms with Gasteiger partial charge in [0.05, 0.1) is 13.7 Å². The van der Waals surface area contributed by atoms with E-state index in [0.717, 1.165) is 22.9 Å². The number of ether oxygens (including phenoxy) is 1. The summed E-state index contributed by atoms with van der Waals surface area (Å²) in [5.41, 5.74) is 1.71. The number of methoxy groups -OCH3 is 1. The summed E-state index contributed by atoms with van der Waals surface area (Å²) in [4.78, 5) is 0. The molecule has 112 valence electrons. The number of thiocarbonyl (C=S) groups is 1. The molecule has 0 radical (unpaired) electrons. The minimum atomic E-state index is 0.493. The highest BCUT2D eigenvalue weighted by molar-refractivity contribution is 7.80. The van der Waals surface area contributed by atoms with Gasteiger partial charge in [-0.1, -0.05) is 6.07 Å². The second-order valence-corrected chi connectivity index (χ2v) is 4.99. The quantitative estimate of drug-likeness (QED) is 0.720. The summed E-state index contributed by atoms with van der Waals surface area (Å²) in [6.07, 6.45) is 1.92. The van der Waals surface area contributed by atoms with Crippen molar-refractivity contribution in [1.29, 1.82) is 0 Å². The zero-order chi connectivity index (χ0) is 15.4. The third kappa shape index (κ3) is 3.15. The Morgan fingerprint density at radius 1 is 1.18 bits per heavy atom. The summed E-state index contributed by atoms with van der Waals surface area (Å²) in [5.74, 6) is 1.61. The van der Waals surface area contributed by atoms with E-state index < -0.39 is 0 Å². The highest BCUT2D eigenvalue weighted by atomic mass is 32.1. The van der Waals surface area contributed by atoms with Gasteiger partial charge in [-0.25, -0.2) is 0 Å². The first-order valence-electron chi connectivity index (χ1n) is 6.74. The number of fused-ring (bicyclic) bond motifs is 1. The van der Waals surface area contributed by atoms with Gasteiger partial charge >= 0.3 is 0 Å². The number of nitrogens with one attached hydrogen (secondary N) is 2. The van der Waals surface area contributed by atoms with Crippen molar-refractivity contribution in [3.63, 3.8) is 0 Å². The molecule has 0 saturated heterocycles. The van der Waals surface area contributed by atoms with Gasteiger partial charge in [0.1, 0.15) is 5.75 Å². The van der Waals surface area contributed by atoms with Crippen LogP contribution in [0.4, 0.5) is 5.69 Å². The maximum Gasteiger partial charge on any atom is 0.171 e. The van der Waals surface area contributed by atoms with E-state index >= 15 is 0 Å². The third-order valence-corrected chi connectivity index (χ3v) is 3.39. The standard InChI is InChI=1S/C15H15N5OS/c1-21-12-7-5-11(6-8-12)17-15(22)16-10-14-19-18-13-4-2-3-9-20(13)14/h2-9H,10H2,1H3,(H2,16,17,22). The van der Waals surface area contributed by atoms with Crippen LogP contribution in [-0.4, -0.2) is 26.8 Å². The highest BCUT2D eigenvalue weighted by Gasteiger charge is 2.05. The molecule has 0 spiro atoms. The molecule has 2 N–H and O–H groups in total. The zero-order valence-corrected chi connectivity index (χ0v) is 12.8. The lowest BCUT2D eigenvalue weighted by Crippen LogP contribution is -2.28. The molecule has 0 saturated carbocycles. The Morgan fingerprint density at radius 2 is 2.00 bits per heavy atom. The Bertz CT molecular complexity index is 784. The number of rotatable bonds is 4. The SMILES string of the molecule is COc1ccc(NC(=S)NCc2nnc3ccccn23)cc1. The van der Waals surface area contributed by atoms with Crippen molar-refractivity contribution < 1.29 is 4.74 Å². The average Bonchev–Trinajstić information content (AvgIpc) is 2.97. The predicted octanol–water partition coefficient (Wildman–Crippen LogP) is 2.22. The Hall–Kier alpha value is -2.67. The number of hydrogen-bond acceptors (Lipinski definition) is 4. The van der Waals surface area contributed by atoms with Gasteiger partial charge in [0.15, 0.2) is 16.6 Å². The second kappa shape index (κ2) is 6.40. The molecule has 3 rings (SSSR count). The lowest BCUT2D eigenvalue weighted by atomic mass is 10.3. The minimum Gasteiger partial charge on any atom is -0.497 e. The number of hydrogen-bond donors (Lipinski definition) is 2. The normalized spacial score (nSPS) is 10.4. The molecule has 6 nitrogen and oxygen atoms in total. The topological polar surface area (TPSA) is 63.5 Å². The molecule has 3 aromatic rings. The molecular formula is C15H15N5OS. The number of pyridine rings is 1. The lowest BCUT2D eigenvalue weighted by Gasteiger charge is -2.10. The van der Waals surface area contributed by atoms with Crippen LogP contribution in [0.3, 0.4) is 0 Å². The van der Waals surface area contributed by atoms with E-state index in [1.54, 1.807) is 7.11 Å². The Morgan fingerprint density at radius 3 is 2.77 bits per heavy atom. The predicted molar refractivity (Wildman–Crippen MR) is 89.0 cm³/mol. The van der Waals surface area contributed by atoms with Crippen LogP contribution < -0.4 is 15.4 Å². The number of aromatic nitrogens is 3. The first kappa shape index (κ1) is 14.3. The Balaban J connectivity index is 1.60. The van der Waals surface area contributed by atoms with E-state index in [-0.39, 0.29) is 0 Å². The minimum absolute atomic E-state index is 0.493. The second-order valence-electron chi connectivity index (χ2n) is 4.58. The zero-order valence-electron chi connectivity index (χ0n) is 12.0. The van der Waals surface area contributed by atoms with Crippen molar-refractivity contribution in [1.82, 2.24) is 19.9 Å². The summed E-state index contributed by atoms with van der Waals surface area (Å²) in [5, 5.41) is 15.0. The molecule has 1 aromatic carbocycles. The van der Waals surface area contributed by atoms with E-state index in [9.17, 15) is 0 Å². The van der Waals surface area contributed by atoms with Gasteiger partial charge in [0.25, 0.3) is 0 Å². The van der Waals surface area contributed by atoms with Crippen LogP contribution in [0.15, 0.2) is 48.7 Å². The summed E-state index contributed by atoms with van der Waals surface area (Å²) in [6.45, 7) is 0.493. The lowest BCUT2D eigenvalue weighted by molar-refractivity contribution is 0.415. The van der Waals surface area contributed by atoms with Crippen LogP contribution in [0.5, 0.6) is 5.75 Å². The Labute approximate surface area is 133 Å². The summed E-state index contributed by atoms with van der Waals surface area (Å²) in [7, 11) is 1.64. The van der Waals surface area contributed by atoms with Crippen LogP contribution in [0.1, 0.15) is 5.82 Å². The molecule has 0 aliphatic heterocycles. The fourth-order valence-electron chi connectivity index (χ4n) is 2.02. The van der Waals surface area contributed by atoms with Gasteiger partial charge in [-0.2, -0.15) is 0 Å². The van der Waals surface area contributed by atoms with Gasteiger partial charge in [-0.15, -0.1) is 10.2 Å². The van der Waals surface area contributed by atoms with Gasteiger partial charge in [-0.05, 0) is 48.6 Å². The third-order valence-electron chi connectivity index (χ3n) is 3.14. The van der Waals surface area contributed by atoms with Crippen molar-refractivity contribution in [2.24, 2.45) is 0 Å². The molecule has 0 bridgehead atoms. The molecule has 22 heavy (non-hydrogen) atoms. The first-order chi connectivity index (χ1) is 10.8. The van der Waals surface area contributed by atoms with Crippen LogP contribution >= 0.6 is 12.2 Å².